The Hall–Kier alpha value is -4.66. The van der Waals surface area contributed by atoms with Gasteiger partial charge in [-0.15, -0.1) is 0 Å². The number of carbonyl (C=O) groups is 3. The maximum absolute atomic E-state index is 12.4. The van der Waals surface area contributed by atoms with Crippen molar-refractivity contribution in [2.24, 2.45) is 5.10 Å². The summed E-state index contributed by atoms with van der Waals surface area (Å²) in [6.45, 7) is 5.60. The predicted octanol–water partition coefficient (Wildman–Crippen LogP) is 3.98. The number of hydrogen-bond donors (Lipinski definition) is 3. The first kappa shape index (κ1) is 26.9. The largest absolute Gasteiger partial charge is 0.493 e. The lowest BCUT2D eigenvalue weighted by atomic mass is 10.1. The topological polar surface area (TPSA) is 118 Å². The molecule has 0 heterocycles. The van der Waals surface area contributed by atoms with Gasteiger partial charge in [-0.2, -0.15) is 5.10 Å². The van der Waals surface area contributed by atoms with Crippen LogP contribution in [0, 0.1) is 13.8 Å². The average molecular weight is 503 g/mol. The molecule has 0 aliphatic rings. The van der Waals surface area contributed by atoms with Crippen molar-refractivity contribution in [3.8, 4) is 11.5 Å². The van der Waals surface area contributed by atoms with Crippen LogP contribution in [0.4, 0.5) is 11.4 Å². The van der Waals surface area contributed by atoms with E-state index in [0.29, 0.717) is 22.7 Å². The molecule has 3 aromatic carbocycles. The van der Waals surface area contributed by atoms with Crippen LogP contribution in [-0.4, -0.2) is 37.7 Å². The molecule has 3 aromatic rings. The molecular weight excluding hydrogens is 472 g/mol. The number of amides is 3. The third-order valence-corrected chi connectivity index (χ3v) is 5.66. The maximum Gasteiger partial charge on any atom is 0.329 e. The van der Waals surface area contributed by atoms with Gasteiger partial charge in [-0.1, -0.05) is 37.3 Å². The van der Waals surface area contributed by atoms with Crippen LogP contribution in [0.5, 0.6) is 11.5 Å². The second-order valence-corrected chi connectivity index (χ2v) is 8.16. The lowest BCUT2D eigenvalue weighted by Gasteiger charge is -2.13. The Morgan fingerprint density at radius 1 is 0.892 bits per heavy atom. The highest BCUT2D eigenvalue weighted by molar-refractivity contribution is 6.39. The summed E-state index contributed by atoms with van der Waals surface area (Å²) < 4.78 is 11.0. The summed E-state index contributed by atoms with van der Waals surface area (Å²) in [5.41, 5.74) is 7.02. The van der Waals surface area contributed by atoms with Crippen LogP contribution in [0.2, 0.25) is 0 Å². The van der Waals surface area contributed by atoms with E-state index in [1.165, 1.54) is 13.3 Å². The number of anilines is 2. The third kappa shape index (κ3) is 7.41. The molecule has 9 heteroatoms. The van der Waals surface area contributed by atoms with E-state index in [9.17, 15) is 14.4 Å². The minimum absolute atomic E-state index is 0.201. The highest BCUT2D eigenvalue weighted by atomic mass is 16.5. The fourth-order valence-corrected chi connectivity index (χ4v) is 3.45. The van der Waals surface area contributed by atoms with E-state index < -0.39 is 11.8 Å². The van der Waals surface area contributed by atoms with Crippen molar-refractivity contribution >= 4 is 35.3 Å². The minimum Gasteiger partial charge on any atom is -0.493 e. The third-order valence-electron chi connectivity index (χ3n) is 5.66. The number of carbonyl (C=O) groups excluding carboxylic acids is 3. The van der Waals surface area contributed by atoms with Gasteiger partial charge in [0, 0.05) is 11.4 Å². The van der Waals surface area contributed by atoms with Crippen LogP contribution in [0.3, 0.4) is 0 Å². The standard InChI is InChI=1S/C28H30N4O5/c1-5-21-10-6-7-11-23(21)30-26(33)17-37-24-14-13-20(15-25(24)36-4)16-29-32-28(35)27(34)31-22-12-8-9-18(2)19(22)3/h6-16H,5,17H2,1-4H3,(H,30,33)(H,31,34)(H,32,35)/b29-16-. The van der Waals surface area contributed by atoms with E-state index >= 15 is 0 Å². The maximum atomic E-state index is 12.4. The Bertz CT molecular complexity index is 1320. The van der Waals surface area contributed by atoms with E-state index in [0.717, 1.165) is 28.8 Å². The highest BCUT2D eigenvalue weighted by Crippen LogP contribution is 2.27. The van der Waals surface area contributed by atoms with Gasteiger partial charge in [0.05, 0.1) is 13.3 Å². The number of ether oxygens (including phenoxy) is 2. The minimum atomic E-state index is -0.903. The molecule has 0 radical (unpaired) electrons. The molecule has 37 heavy (non-hydrogen) atoms. The van der Waals surface area contributed by atoms with Gasteiger partial charge in [0.25, 0.3) is 5.91 Å². The van der Waals surface area contributed by atoms with Crippen LogP contribution in [0.25, 0.3) is 0 Å². The Kier molecular flexibility index (Phi) is 9.37. The molecule has 0 saturated carbocycles. The van der Waals surface area contributed by atoms with Crippen molar-refractivity contribution in [1.82, 2.24) is 5.43 Å². The van der Waals surface area contributed by atoms with Gasteiger partial charge >= 0.3 is 11.8 Å². The number of hydrogen-bond acceptors (Lipinski definition) is 6. The number of rotatable bonds is 9. The SMILES string of the molecule is CCc1ccccc1NC(=O)COc1ccc(/C=N\NC(=O)C(=O)Nc2cccc(C)c2C)cc1OC. The Morgan fingerprint density at radius 2 is 1.65 bits per heavy atom. The second-order valence-electron chi connectivity index (χ2n) is 8.16. The van der Waals surface area contributed by atoms with E-state index in [1.54, 1.807) is 30.3 Å². The number of methoxy groups -OCH3 is 1. The van der Waals surface area contributed by atoms with Gasteiger partial charge in [-0.25, -0.2) is 5.43 Å². The number of para-hydroxylation sites is 1. The highest BCUT2D eigenvalue weighted by Gasteiger charge is 2.15. The van der Waals surface area contributed by atoms with Gasteiger partial charge in [-0.3, -0.25) is 14.4 Å². The van der Waals surface area contributed by atoms with Crippen molar-refractivity contribution < 1.29 is 23.9 Å². The molecule has 0 atom stereocenters. The van der Waals surface area contributed by atoms with E-state index in [4.69, 9.17) is 9.47 Å². The first-order valence-corrected chi connectivity index (χ1v) is 11.7. The molecule has 9 nitrogen and oxygen atoms in total. The Morgan fingerprint density at radius 3 is 2.41 bits per heavy atom. The van der Waals surface area contributed by atoms with Crippen LogP contribution in [0.15, 0.2) is 65.8 Å². The lowest BCUT2D eigenvalue weighted by molar-refractivity contribution is -0.136. The molecule has 0 saturated heterocycles. The normalized spacial score (nSPS) is 10.6. The molecule has 0 bridgehead atoms. The number of benzene rings is 3. The van der Waals surface area contributed by atoms with E-state index in [-0.39, 0.29) is 12.5 Å². The van der Waals surface area contributed by atoms with Crippen LogP contribution in [0.1, 0.15) is 29.2 Å². The zero-order valence-corrected chi connectivity index (χ0v) is 21.3. The molecule has 0 aliphatic heterocycles. The molecule has 0 aliphatic carbocycles. The summed E-state index contributed by atoms with van der Waals surface area (Å²) in [6.07, 6.45) is 2.16. The zero-order valence-electron chi connectivity index (χ0n) is 21.3. The predicted molar refractivity (Wildman–Crippen MR) is 143 cm³/mol. The van der Waals surface area contributed by atoms with E-state index in [1.807, 2.05) is 51.1 Å². The van der Waals surface area contributed by atoms with Crippen LogP contribution < -0.4 is 25.5 Å². The van der Waals surface area contributed by atoms with Gasteiger partial charge in [0.15, 0.2) is 18.1 Å². The van der Waals surface area contributed by atoms with Crippen molar-refractivity contribution in [1.29, 1.82) is 0 Å². The smallest absolute Gasteiger partial charge is 0.329 e. The van der Waals surface area contributed by atoms with Gasteiger partial charge in [0.1, 0.15) is 0 Å². The van der Waals surface area contributed by atoms with Crippen LogP contribution in [-0.2, 0) is 20.8 Å². The summed E-state index contributed by atoms with van der Waals surface area (Å²) in [7, 11) is 1.47. The van der Waals surface area contributed by atoms with Gasteiger partial charge in [-0.05, 0) is 72.9 Å². The molecule has 3 N–H and O–H groups in total. The summed E-state index contributed by atoms with van der Waals surface area (Å²) in [5, 5.41) is 9.27. The summed E-state index contributed by atoms with van der Waals surface area (Å²) in [5.74, 6) is -1.28. The lowest BCUT2D eigenvalue weighted by Crippen LogP contribution is -2.32. The quantitative estimate of drug-likeness (QED) is 0.232. The number of hydrazone groups is 1. The summed E-state index contributed by atoms with van der Waals surface area (Å²) >= 11 is 0. The molecule has 3 amide bonds. The first-order valence-electron chi connectivity index (χ1n) is 11.7. The van der Waals surface area contributed by atoms with Crippen molar-refractivity contribution in [2.75, 3.05) is 24.4 Å². The van der Waals surface area contributed by atoms with Gasteiger partial charge in [0.2, 0.25) is 0 Å². The number of nitrogens with zero attached hydrogens (tertiary/aromatic N) is 1. The molecule has 0 spiro atoms. The molecule has 3 rings (SSSR count). The molecule has 0 aromatic heterocycles. The Labute approximate surface area is 215 Å². The summed E-state index contributed by atoms with van der Waals surface area (Å²) in [4.78, 5) is 36.6. The fourth-order valence-electron chi connectivity index (χ4n) is 3.45. The monoisotopic (exact) mass is 502 g/mol. The molecule has 192 valence electrons. The fraction of sp³-hybridized carbons (Fsp3) is 0.214. The van der Waals surface area contributed by atoms with Gasteiger partial charge < -0.3 is 20.1 Å². The Balaban J connectivity index is 1.55. The molecular formula is C28H30N4O5. The van der Waals surface area contributed by atoms with Crippen molar-refractivity contribution in [3.63, 3.8) is 0 Å². The van der Waals surface area contributed by atoms with Crippen LogP contribution >= 0.6 is 0 Å². The van der Waals surface area contributed by atoms with Crippen molar-refractivity contribution in [2.45, 2.75) is 27.2 Å². The van der Waals surface area contributed by atoms with E-state index in [2.05, 4.69) is 21.2 Å². The number of aryl methyl sites for hydroxylation is 2. The second kappa shape index (κ2) is 12.9. The first-order chi connectivity index (χ1) is 17.8. The zero-order chi connectivity index (χ0) is 26.8. The average Bonchev–Trinajstić information content (AvgIpc) is 2.90. The molecule has 0 fully saturated rings. The number of nitrogens with one attached hydrogen (secondary N) is 3. The van der Waals surface area contributed by atoms with Crippen molar-refractivity contribution in [3.05, 3.63) is 82.9 Å². The summed E-state index contributed by atoms with van der Waals surface area (Å²) in [6, 6.07) is 18.0. The molecule has 0 unspecified atom stereocenters.